The number of hydrogen-bond acceptors (Lipinski definition) is 4. The average molecular weight is 296 g/mol. The number of amides is 1. The molecule has 120 valence electrons. The summed E-state index contributed by atoms with van der Waals surface area (Å²) in [6.07, 6.45) is 5.98. The van der Waals surface area contributed by atoms with Gasteiger partial charge in [0.1, 0.15) is 0 Å². The van der Waals surface area contributed by atoms with E-state index in [1.165, 1.54) is 12.8 Å². The molecule has 0 bridgehead atoms. The minimum absolute atomic E-state index is 0.0189. The van der Waals surface area contributed by atoms with Gasteiger partial charge in [-0.2, -0.15) is 0 Å². The molecule has 0 radical (unpaired) electrons. The minimum atomic E-state index is -1.44. The number of carbonyl (C=O) groups excluding carboxylic acids is 1. The molecule has 2 unspecified atom stereocenters. The topological polar surface area (TPSA) is 72.8 Å². The predicted octanol–water partition coefficient (Wildman–Crippen LogP) is 0.936. The van der Waals surface area contributed by atoms with Crippen molar-refractivity contribution in [2.24, 2.45) is 5.41 Å². The van der Waals surface area contributed by atoms with Crippen LogP contribution in [0.2, 0.25) is 0 Å². The molecule has 1 saturated heterocycles. The highest BCUT2D eigenvalue weighted by molar-refractivity contribution is 6.43. The summed E-state index contributed by atoms with van der Waals surface area (Å²) in [5.41, 5.74) is -0.0189. The maximum atomic E-state index is 13.0. The molecule has 2 atom stereocenters. The van der Waals surface area contributed by atoms with Crippen LogP contribution < -0.4 is 5.32 Å². The first-order chi connectivity index (χ1) is 9.85. The SMILES string of the molecule is CC(C)NC(C(=O)N1CCCC1B(O)O)C1(C)CCCC1. The van der Waals surface area contributed by atoms with Crippen LogP contribution in [-0.4, -0.2) is 52.5 Å². The van der Waals surface area contributed by atoms with E-state index in [0.717, 1.165) is 19.3 Å². The van der Waals surface area contributed by atoms with Gasteiger partial charge in [0, 0.05) is 12.6 Å². The lowest BCUT2D eigenvalue weighted by Crippen LogP contribution is -2.58. The van der Waals surface area contributed by atoms with Gasteiger partial charge >= 0.3 is 7.12 Å². The fourth-order valence-corrected chi connectivity index (χ4v) is 3.92. The molecule has 0 aromatic rings. The number of carbonyl (C=O) groups is 1. The molecule has 1 saturated carbocycles. The number of rotatable bonds is 5. The Morgan fingerprint density at radius 2 is 1.90 bits per heavy atom. The van der Waals surface area contributed by atoms with E-state index in [4.69, 9.17) is 0 Å². The second-order valence-electron chi connectivity index (χ2n) is 7.27. The molecule has 2 aliphatic rings. The van der Waals surface area contributed by atoms with Gasteiger partial charge in [-0.3, -0.25) is 4.79 Å². The fourth-order valence-electron chi connectivity index (χ4n) is 3.92. The second-order valence-corrected chi connectivity index (χ2v) is 7.27. The van der Waals surface area contributed by atoms with E-state index in [0.29, 0.717) is 13.0 Å². The summed E-state index contributed by atoms with van der Waals surface area (Å²) in [7, 11) is -1.44. The lowest BCUT2D eigenvalue weighted by molar-refractivity contribution is -0.137. The lowest BCUT2D eigenvalue weighted by Gasteiger charge is -2.39. The lowest BCUT2D eigenvalue weighted by atomic mass is 9.76. The Kier molecular flexibility index (Phi) is 5.33. The zero-order valence-electron chi connectivity index (χ0n) is 13.5. The molecule has 6 heteroatoms. The third kappa shape index (κ3) is 3.60. The Labute approximate surface area is 128 Å². The normalized spacial score (nSPS) is 26.4. The van der Waals surface area contributed by atoms with Crippen LogP contribution in [0.1, 0.15) is 59.3 Å². The molecule has 1 aliphatic heterocycles. The van der Waals surface area contributed by atoms with E-state index in [1.807, 2.05) is 0 Å². The molecule has 0 aromatic carbocycles. The van der Waals surface area contributed by atoms with Gasteiger partial charge < -0.3 is 20.3 Å². The Bertz CT molecular complexity index is 370. The minimum Gasteiger partial charge on any atom is -0.426 e. The Morgan fingerprint density at radius 3 is 2.43 bits per heavy atom. The maximum absolute atomic E-state index is 13.0. The molecular weight excluding hydrogens is 267 g/mol. The predicted molar refractivity (Wildman–Crippen MR) is 83.6 cm³/mol. The first kappa shape index (κ1) is 16.8. The second kappa shape index (κ2) is 6.67. The van der Waals surface area contributed by atoms with Crippen LogP contribution in [0.25, 0.3) is 0 Å². The molecule has 2 fully saturated rings. The van der Waals surface area contributed by atoms with Gasteiger partial charge in [0.15, 0.2) is 0 Å². The third-order valence-corrected chi connectivity index (χ3v) is 5.12. The summed E-state index contributed by atoms with van der Waals surface area (Å²) in [4.78, 5) is 14.7. The van der Waals surface area contributed by atoms with Crippen molar-refractivity contribution in [1.29, 1.82) is 0 Å². The monoisotopic (exact) mass is 296 g/mol. The largest absolute Gasteiger partial charge is 0.475 e. The van der Waals surface area contributed by atoms with E-state index in [2.05, 4.69) is 26.1 Å². The smallest absolute Gasteiger partial charge is 0.426 e. The van der Waals surface area contributed by atoms with Crippen LogP contribution in [0.5, 0.6) is 0 Å². The van der Waals surface area contributed by atoms with Gasteiger partial charge in [-0.1, -0.05) is 33.6 Å². The van der Waals surface area contributed by atoms with E-state index in [9.17, 15) is 14.8 Å². The van der Waals surface area contributed by atoms with E-state index < -0.39 is 13.1 Å². The first-order valence-corrected chi connectivity index (χ1v) is 8.28. The molecule has 1 aliphatic carbocycles. The highest BCUT2D eigenvalue weighted by atomic mass is 16.4. The summed E-state index contributed by atoms with van der Waals surface area (Å²) in [5.74, 6) is -0.400. The maximum Gasteiger partial charge on any atom is 0.475 e. The molecule has 1 heterocycles. The van der Waals surface area contributed by atoms with Crippen LogP contribution in [-0.2, 0) is 4.79 Å². The van der Waals surface area contributed by atoms with Gasteiger partial charge in [-0.25, -0.2) is 0 Å². The van der Waals surface area contributed by atoms with Crippen LogP contribution in [0, 0.1) is 5.41 Å². The highest BCUT2D eigenvalue weighted by Crippen LogP contribution is 2.41. The van der Waals surface area contributed by atoms with Crippen molar-refractivity contribution in [2.45, 2.75) is 77.3 Å². The van der Waals surface area contributed by atoms with Crippen LogP contribution in [0.15, 0.2) is 0 Å². The van der Waals surface area contributed by atoms with Crippen molar-refractivity contribution in [3.8, 4) is 0 Å². The molecule has 3 N–H and O–H groups in total. The molecule has 2 rings (SSSR count). The summed E-state index contributed by atoms with van der Waals surface area (Å²) in [6, 6.07) is 0.0100. The number of likely N-dealkylation sites (tertiary alicyclic amines) is 1. The highest BCUT2D eigenvalue weighted by Gasteiger charge is 2.46. The van der Waals surface area contributed by atoms with Crippen molar-refractivity contribution in [3.63, 3.8) is 0 Å². The van der Waals surface area contributed by atoms with Gasteiger partial charge in [-0.05, 0) is 31.1 Å². The Balaban J connectivity index is 2.17. The average Bonchev–Trinajstić information content (AvgIpc) is 3.04. The van der Waals surface area contributed by atoms with Crippen molar-refractivity contribution in [1.82, 2.24) is 10.2 Å². The summed E-state index contributed by atoms with van der Waals surface area (Å²) < 4.78 is 0. The van der Waals surface area contributed by atoms with E-state index in [-0.39, 0.29) is 23.4 Å². The van der Waals surface area contributed by atoms with Crippen molar-refractivity contribution in [3.05, 3.63) is 0 Å². The molecule has 0 aromatic heterocycles. The van der Waals surface area contributed by atoms with E-state index in [1.54, 1.807) is 4.90 Å². The number of nitrogens with one attached hydrogen (secondary N) is 1. The number of hydrogen-bond donors (Lipinski definition) is 3. The Hall–Kier alpha value is -0.585. The molecule has 5 nitrogen and oxygen atoms in total. The third-order valence-electron chi connectivity index (χ3n) is 5.12. The van der Waals surface area contributed by atoms with Crippen LogP contribution in [0.4, 0.5) is 0 Å². The summed E-state index contributed by atoms with van der Waals surface area (Å²) in [5, 5.41) is 22.5. The quantitative estimate of drug-likeness (QED) is 0.660. The fraction of sp³-hybridized carbons (Fsp3) is 0.933. The molecular formula is C15H29BN2O3. The molecule has 1 amide bonds. The Morgan fingerprint density at radius 1 is 1.29 bits per heavy atom. The number of nitrogens with zero attached hydrogens (tertiary/aromatic N) is 1. The van der Waals surface area contributed by atoms with Crippen LogP contribution >= 0.6 is 0 Å². The van der Waals surface area contributed by atoms with Gasteiger partial charge in [0.2, 0.25) is 5.91 Å². The standard InChI is InChI=1S/C15H29BN2O3/c1-11(2)17-13(15(3)8-4-5-9-15)14(19)18-10-6-7-12(18)16(20)21/h11-13,17,20-21H,4-10H2,1-3H3. The van der Waals surface area contributed by atoms with Gasteiger partial charge in [0.05, 0.1) is 12.0 Å². The van der Waals surface area contributed by atoms with Crippen LogP contribution in [0.3, 0.4) is 0 Å². The summed E-state index contributed by atoms with van der Waals surface area (Å²) in [6.45, 7) is 6.94. The van der Waals surface area contributed by atoms with Crippen molar-refractivity contribution >= 4 is 13.0 Å². The zero-order chi connectivity index (χ0) is 15.6. The van der Waals surface area contributed by atoms with Gasteiger partial charge in [-0.15, -0.1) is 0 Å². The van der Waals surface area contributed by atoms with Crippen molar-refractivity contribution < 1.29 is 14.8 Å². The van der Waals surface area contributed by atoms with Crippen molar-refractivity contribution in [2.75, 3.05) is 6.54 Å². The van der Waals surface area contributed by atoms with E-state index >= 15 is 0 Å². The van der Waals surface area contributed by atoms with Gasteiger partial charge in [0.25, 0.3) is 0 Å². The molecule has 21 heavy (non-hydrogen) atoms. The first-order valence-electron chi connectivity index (χ1n) is 8.28. The zero-order valence-corrected chi connectivity index (χ0v) is 13.5. The molecule has 0 spiro atoms. The summed E-state index contributed by atoms with van der Waals surface area (Å²) >= 11 is 0.